The zero-order valence-electron chi connectivity index (χ0n) is 31.4. The van der Waals surface area contributed by atoms with Crippen LogP contribution in [0.25, 0.3) is 105 Å². The summed E-state index contributed by atoms with van der Waals surface area (Å²) in [6.07, 6.45) is 11.1. The maximum atomic E-state index is 6.66. The average Bonchev–Trinajstić information content (AvgIpc) is 3.98. The fourth-order valence-electron chi connectivity index (χ4n) is 9.09. The highest BCUT2D eigenvalue weighted by molar-refractivity contribution is 6.13. The van der Waals surface area contributed by atoms with Crippen LogP contribution in [-0.2, 0) is 6.42 Å². The first-order valence-electron chi connectivity index (χ1n) is 19.7. The van der Waals surface area contributed by atoms with Crippen molar-refractivity contribution in [3.8, 4) is 27.9 Å². The molecule has 8 heteroatoms. The first-order valence-corrected chi connectivity index (χ1v) is 19.7. The number of pyridine rings is 4. The number of aliphatic imine (C=N–C) groups is 1. The molecule has 1 aliphatic rings. The van der Waals surface area contributed by atoms with Gasteiger partial charge in [-0.25, -0.2) is 9.98 Å². The monoisotopic (exact) mass is 758 g/mol. The molecule has 0 atom stereocenters. The van der Waals surface area contributed by atoms with Gasteiger partial charge in [0.05, 0.1) is 33.6 Å². The Morgan fingerprint density at radius 2 is 1.17 bits per heavy atom. The topological polar surface area (TPSA) is 95.1 Å². The minimum absolute atomic E-state index is 0.640. The van der Waals surface area contributed by atoms with Crippen molar-refractivity contribution in [3.63, 3.8) is 0 Å². The molecule has 12 aromatic rings. The molecule has 1 aliphatic heterocycles. The molecule has 5 aromatic carbocycles. The van der Waals surface area contributed by atoms with Crippen LogP contribution in [0, 0.1) is 0 Å². The molecule has 0 amide bonds. The summed E-state index contributed by atoms with van der Waals surface area (Å²) in [5.74, 6) is 0.900. The molecule has 0 fully saturated rings. The van der Waals surface area contributed by atoms with Crippen LogP contribution >= 0.6 is 0 Å². The second kappa shape index (κ2) is 12.3. The fourth-order valence-corrected chi connectivity index (χ4v) is 9.09. The number of hydrogen-bond donors (Lipinski definition) is 0. The Balaban J connectivity index is 0.902. The summed E-state index contributed by atoms with van der Waals surface area (Å²) in [7, 11) is 0. The Labute approximate surface area is 335 Å². The highest BCUT2D eigenvalue weighted by Crippen LogP contribution is 2.40. The molecule has 13 rings (SSSR count). The lowest BCUT2D eigenvalue weighted by Gasteiger charge is -2.13. The molecule has 8 heterocycles. The van der Waals surface area contributed by atoms with Gasteiger partial charge in [0.1, 0.15) is 22.7 Å². The van der Waals surface area contributed by atoms with E-state index in [1.807, 2.05) is 49.1 Å². The molecule has 8 nitrogen and oxygen atoms in total. The summed E-state index contributed by atoms with van der Waals surface area (Å²) in [4.78, 5) is 24.1. The summed E-state index contributed by atoms with van der Waals surface area (Å²) in [5, 5.41) is 7.41. The van der Waals surface area contributed by atoms with Crippen LogP contribution in [0.1, 0.15) is 17.7 Å². The maximum Gasteiger partial charge on any atom is 0.228 e. The number of nitrogens with zero attached hydrogens (tertiary/aromatic N) is 6. The van der Waals surface area contributed by atoms with Crippen molar-refractivity contribution in [2.45, 2.75) is 12.8 Å². The van der Waals surface area contributed by atoms with Gasteiger partial charge >= 0.3 is 0 Å². The first kappa shape index (κ1) is 32.2. The van der Waals surface area contributed by atoms with E-state index in [1.54, 1.807) is 6.20 Å². The number of furan rings is 2. The molecule has 0 spiro atoms. The van der Waals surface area contributed by atoms with Gasteiger partial charge in [-0.1, -0.05) is 60.7 Å². The number of aromatic nitrogens is 5. The van der Waals surface area contributed by atoms with E-state index in [0.717, 1.165) is 124 Å². The van der Waals surface area contributed by atoms with Crippen molar-refractivity contribution in [2.75, 3.05) is 0 Å². The predicted octanol–water partition coefficient (Wildman–Crippen LogP) is 12.7. The van der Waals surface area contributed by atoms with E-state index in [4.69, 9.17) is 28.8 Å². The maximum absolute atomic E-state index is 6.66. The van der Waals surface area contributed by atoms with E-state index >= 15 is 0 Å². The lowest BCUT2D eigenvalue weighted by atomic mass is 9.96. The SMILES string of the molecule is c1cc(C2=Nc3c(oc4ncccc34)CC2)cc(-c2cnc3ccc4ncc(-c5ccc6oc7c(-n8c9ccccc9c9ccccc98)cncc7c6c5)cc4c3c2)c1. The van der Waals surface area contributed by atoms with Crippen LogP contribution in [0.2, 0.25) is 0 Å². The summed E-state index contributed by atoms with van der Waals surface area (Å²) in [5.41, 5.74) is 14.4. The molecular weight excluding hydrogens is 729 g/mol. The van der Waals surface area contributed by atoms with Crippen molar-refractivity contribution in [3.05, 3.63) is 170 Å². The zero-order valence-corrected chi connectivity index (χ0v) is 31.4. The van der Waals surface area contributed by atoms with Crippen molar-refractivity contribution in [2.24, 2.45) is 4.99 Å². The molecule has 7 aromatic heterocycles. The van der Waals surface area contributed by atoms with Gasteiger partial charge in [0, 0.05) is 80.4 Å². The molecule has 59 heavy (non-hydrogen) atoms. The van der Waals surface area contributed by atoms with E-state index in [9.17, 15) is 0 Å². The third kappa shape index (κ3) is 4.86. The summed E-state index contributed by atoms with van der Waals surface area (Å²) >= 11 is 0. The van der Waals surface area contributed by atoms with Gasteiger partial charge in [-0.15, -0.1) is 0 Å². The van der Waals surface area contributed by atoms with E-state index in [0.29, 0.717) is 5.71 Å². The highest BCUT2D eigenvalue weighted by Gasteiger charge is 2.22. The lowest BCUT2D eigenvalue weighted by Crippen LogP contribution is -2.06. The Hall–Kier alpha value is -7.97. The largest absolute Gasteiger partial charge is 0.454 e. The smallest absolute Gasteiger partial charge is 0.228 e. The van der Waals surface area contributed by atoms with Crippen molar-refractivity contribution in [1.29, 1.82) is 0 Å². The molecule has 0 saturated carbocycles. The molecule has 0 saturated heterocycles. The molecule has 276 valence electrons. The van der Waals surface area contributed by atoms with Crippen molar-refractivity contribution < 1.29 is 8.83 Å². The van der Waals surface area contributed by atoms with Crippen molar-refractivity contribution in [1.82, 2.24) is 24.5 Å². The number of benzene rings is 5. The second-order valence-electron chi connectivity index (χ2n) is 15.2. The van der Waals surface area contributed by atoms with Gasteiger partial charge in [-0.3, -0.25) is 15.0 Å². The second-order valence-corrected chi connectivity index (χ2v) is 15.2. The number of fused-ring (bicyclic) bond motifs is 12. The van der Waals surface area contributed by atoms with Gasteiger partial charge in [-0.05, 0) is 89.8 Å². The van der Waals surface area contributed by atoms with Gasteiger partial charge in [-0.2, -0.15) is 0 Å². The van der Waals surface area contributed by atoms with E-state index in [-0.39, 0.29) is 0 Å². The van der Waals surface area contributed by atoms with Gasteiger partial charge in [0.2, 0.25) is 5.71 Å². The van der Waals surface area contributed by atoms with E-state index in [1.165, 1.54) is 10.8 Å². The molecule has 0 bridgehead atoms. The molecule has 0 N–H and O–H groups in total. The number of hydrogen-bond acceptors (Lipinski definition) is 7. The average molecular weight is 759 g/mol. The minimum atomic E-state index is 0.640. The summed E-state index contributed by atoms with van der Waals surface area (Å²) in [6.45, 7) is 0. The van der Waals surface area contributed by atoms with E-state index in [2.05, 4.69) is 113 Å². The number of aryl methyl sites for hydroxylation is 1. The Kier molecular flexibility index (Phi) is 6.68. The first-order chi connectivity index (χ1) is 29.2. The third-order valence-electron chi connectivity index (χ3n) is 11.9. The van der Waals surface area contributed by atoms with Gasteiger partial charge in [0.15, 0.2) is 5.58 Å². The normalized spacial score (nSPS) is 13.1. The Morgan fingerprint density at radius 3 is 1.95 bits per heavy atom. The highest BCUT2D eigenvalue weighted by atomic mass is 16.3. The van der Waals surface area contributed by atoms with Crippen molar-refractivity contribution >= 4 is 88.0 Å². The quantitative estimate of drug-likeness (QED) is 0.166. The Morgan fingerprint density at radius 1 is 0.475 bits per heavy atom. The van der Waals surface area contributed by atoms with Crippen LogP contribution in [0.5, 0.6) is 0 Å². The van der Waals surface area contributed by atoms with Gasteiger partial charge < -0.3 is 13.4 Å². The van der Waals surface area contributed by atoms with Crippen LogP contribution in [-0.4, -0.2) is 30.2 Å². The molecule has 0 aliphatic carbocycles. The Bertz CT molecular complexity index is 3710. The molecular formula is C51H30N6O2. The predicted molar refractivity (Wildman–Crippen MR) is 236 cm³/mol. The van der Waals surface area contributed by atoms with Crippen LogP contribution in [0.15, 0.2) is 172 Å². The standard InChI is InChI=1S/C51H30N6O2/c1-3-12-44-34(9-1)35-10-2-4-13-45(35)57(44)46-28-52-27-40-39-22-30(14-18-47(39)58-50(40)46)33-24-38-37-23-32(25-54-42(37)15-16-43(38)55-26-33)29-7-5-8-31(21-29)41-17-19-48-49(56-41)36-11-6-20-53-51(36)59-48/h1-16,18,20-28H,17,19H2. The third-order valence-corrected chi connectivity index (χ3v) is 11.9. The number of para-hydroxylation sites is 2. The van der Waals surface area contributed by atoms with E-state index < -0.39 is 0 Å². The fraction of sp³-hybridized carbons (Fsp3) is 0.0392. The van der Waals surface area contributed by atoms with Crippen LogP contribution in [0.3, 0.4) is 0 Å². The molecule has 0 radical (unpaired) electrons. The minimum Gasteiger partial charge on any atom is -0.454 e. The summed E-state index contributed by atoms with van der Waals surface area (Å²) < 4.78 is 14.9. The summed E-state index contributed by atoms with van der Waals surface area (Å²) in [6, 6.07) is 44.5. The zero-order chi connectivity index (χ0) is 38.6. The van der Waals surface area contributed by atoms with Crippen LogP contribution in [0.4, 0.5) is 5.69 Å². The number of rotatable bonds is 4. The molecule has 0 unspecified atom stereocenters. The van der Waals surface area contributed by atoms with Gasteiger partial charge in [0.25, 0.3) is 0 Å². The lowest BCUT2D eigenvalue weighted by molar-refractivity contribution is 0.541. The van der Waals surface area contributed by atoms with Crippen LogP contribution < -0.4 is 0 Å².